The lowest BCUT2D eigenvalue weighted by Gasteiger charge is -2.04. The van der Waals surface area contributed by atoms with Gasteiger partial charge in [-0.25, -0.2) is 0 Å². The van der Waals surface area contributed by atoms with Crippen molar-refractivity contribution in [1.82, 2.24) is 0 Å². The molecule has 0 amide bonds. The van der Waals surface area contributed by atoms with E-state index in [0.717, 1.165) is 12.8 Å². The molecule has 0 aliphatic carbocycles. The van der Waals surface area contributed by atoms with Crippen LogP contribution in [0.1, 0.15) is 39.5 Å². The molecule has 1 unspecified atom stereocenters. The van der Waals surface area contributed by atoms with Gasteiger partial charge in [-0.05, 0) is 12.8 Å². The molecule has 0 saturated carbocycles. The fourth-order valence-electron chi connectivity index (χ4n) is 0.832. The van der Waals surface area contributed by atoms with Crippen molar-refractivity contribution < 1.29 is 14.7 Å². The minimum Gasteiger partial charge on any atom is -0.385 e. The second kappa shape index (κ2) is 5.89. The van der Waals surface area contributed by atoms with Gasteiger partial charge in [-0.1, -0.05) is 20.3 Å². The van der Waals surface area contributed by atoms with E-state index in [9.17, 15) is 9.59 Å². The molecule has 1 atom stereocenters. The lowest BCUT2D eigenvalue weighted by Crippen LogP contribution is -2.27. The molecular formula is C9H16O3. The van der Waals surface area contributed by atoms with Gasteiger partial charge in [0.05, 0.1) is 0 Å². The molecule has 70 valence electrons. The number of Topliss-reactive ketones (excluding diaryl/α,β-unsaturated/α-hetero) is 2. The number of carbonyl (C=O) groups excluding carboxylic acids is 2. The summed E-state index contributed by atoms with van der Waals surface area (Å²) in [6, 6.07) is 0. The second-order valence-electron chi connectivity index (χ2n) is 2.82. The monoisotopic (exact) mass is 172 g/mol. The van der Waals surface area contributed by atoms with Crippen molar-refractivity contribution >= 4 is 11.6 Å². The van der Waals surface area contributed by atoms with Crippen LogP contribution >= 0.6 is 0 Å². The Kier molecular flexibility index (Phi) is 5.54. The summed E-state index contributed by atoms with van der Waals surface area (Å²) in [5, 5.41) is 9.03. The summed E-state index contributed by atoms with van der Waals surface area (Å²) in [4.78, 5) is 22.0. The molecule has 0 aliphatic heterocycles. The smallest absolute Gasteiger partial charge is 0.226 e. The van der Waals surface area contributed by atoms with Gasteiger partial charge in [0.25, 0.3) is 0 Å². The molecule has 0 saturated heterocycles. The Hall–Kier alpha value is -0.700. The van der Waals surface area contributed by atoms with Gasteiger partial charge in [0.2, 0.25) is 11.6 Å². The first kappa shape index (κ1) is 11.3. The number of hydrogen-bond donors (Lipinski definition) is 1. The first-order valence-corrected chi connectivity index (χ1v) is 4.38. The van der Waals surface area contributed by atoms with E-state index in [-0.39, 0.29) is 6.42 Å². The van der Waals surface area contributed by atoms with E-state index in [1.807, 2.05) is 6.92 Å². The zero-order chi connectivity index (χ0) is 9.56. The van der Waals surface area contributed by atoms with Gasteiger partial charge in [0, 0.05) is 6.42 Å². The van der Waals surface area contributed by atoms with Crippen LogP contribution in [0.25, 0.3) is 0 Å². The molecule has 0 rings (SSSR count). The third kappa shape index (κ3) is 3.62. The third-order valence-electron chi connectivity index (χ3n) is 1.72. The van der Waals surface area contributed by atoms with Crippen molar-refractivity contribution in [2.24, 2.45) is 0 Å². The van der Waals surface area contributed by atoms with E-state index >= 15 is 0 Å². The van der Waals surface area contributed by atoms with Gasteiger partial charge in [-0.3, -0.25) is 9.59 Å². The summed E-state index contributed by atoms with van der Waals surface area (Å²) < 4.78 is 0. The zero-order valence-electron chi connectivity index (χ0n) is 7.67. The molecule has 0 fully saturated rings. The lowest BCUT2D eigenvalue weighted by molar-refractivity contribution is -0.141. The van der Waals surface area contributed by atoms with Crippen molar-refractivity contribution in [2.45, 2.75) is 45.6 Å². The van der Waals surface area contributed by atoms with Crippen LogP contribution < -0.4 is 0 Å². The largest absolute Gasteiger partial charge is 0.385 e. The maximum atomic E-state index is 11.0. The van der Waals surface area contributed by atoms with Gasteiger partial charge >= 0.3 is 0 Å². The van der Waals surface area contributed by atoms with Crippen molar-refractivity contribution in [3.63, 3.8) is 0 Å². The highest BCUT2D eigenvalue weighted by Crippen LogP contribution is 2.00. The number of aliphatic hydroxyl groups is 1. The second-order valence-corrected chi connectivity index (χ2v) is 2.82. The highest BCUT2D eigenvalue weighted by Gasteiger charge is 2.20. The standard InChI is InChI=1S/C9H16O3/c1-3-5-6-8(11)9(12)7(10)4-2/h7,10H,3-6H2,1-2H3. The maximum Gasteiger partial charge on any atom is 0.226 e. The Morgan fingerprint density at radius 2 is 1.92 bits per heavy atom. The summed E-state index contributed by atoms with van der Waals surface area (Å²) in [6.45, 7) is 3.63. The fraction of sp³-hybridized carbons (Fsp3) is 0.778. The predicted octanol–water partition coefficient (Wildman–Crippen LogP) is 1.09. The molecule has 3 nitrogen and oxygen atoms in total. The quantitative estimate of drug-likeness (QED) is 0.610. The Labute approximate surface area is 72.8 Å². The maximum absolute atomic E-state index is 11.0. The molecular weight excluding hydrogens is 156 g/mol. The zero-order valence-corrected chi connectivity index (χ0v) is 7.67. The number of carbonyl (C=O) groups is 2. The molecule has 0 aromatic rings. The molecule has 0 aromatic carbocycles. The van der Waals surface area contributed by atoms with Crippen LogP contribution in [0.3, 0.4) is 0 Å². The van der Waals surface area contributed by atoms with Crippen LogP contribution in [-0.2, 0) is 9.59 Å². The first-order valence-electron chi connectivity index (χ1n) is 4.38. The third-order valence-corrected chi connectivity index (χ3v) is 1.72. The molecule has 0 radical (unpaired) electrons. The van der Waals surface area contributed by atoms with E-state index in [2.05, 4.69) is 0 Å². The fourth-order valence-corrected chi connectivity index (χ4v) is 0.832. The van der Waals surface area contributed by atoms with Crippen LogP contribution in [-0.4, -0.2) is 22.8 Å². The summed E-state index contributed by atoms with van der Waals surface area (Å²) in [5.74, 6) is -1.07. The summed E-state index contributed by atoms with van der Waals surface area (Å²) in [5.41, 5.74) is 0. The number of aliphatic hydroxyl groups excluding tert-OH is 1. The first-order chi connectivity index (χ1) is 5.63. The lowest BCUT2D eigenvalue weighted by atomic mass is 10.1. The minimum atomic E-state index is -1.09. The average Bonchev–Trinajstić information content (AvgIpc) is 2.11. The number of unbranched alkanes of at least 4 members (excludes halogenated alkanes) is 1. The Balaban J connectivity index is 3.85. The molecule has 0 heterocycles. The molecule has 0 spiro atoms. The van der Waals surface area contributed by atoms with E-state index in [0.29, 0.717) is 6.42 Å². The van der Waals surface area contributed by atoms with Crippen molar-refractivity contribution in [2.75, 3.05) is 0 Å². The van der Waals surface area contributed by atoms with E-state index in [4.69, 9.17) is 5.11 Å². The topological polar surface area (TPSA) is 54.4 Å². The van der Waals surface area contributed by atoms with Gasteiger partial charge in [0.1, 0.15) is 6.10 Å². The molecule has 0 aromatic heterocycles. The van der Waals surface area contributed by atoms with Crippen molar-refractivity contribution in [1.29, 1.82) is 0 Å². The highest BCUT2D eigenvalue weighted by molar-refractivity contribution is 6.38. The minimum absolute atomic E-state index is 0.270. The molecule has 0 bridgehead atoms. The number of ketones is 2. The summed E-state index contributed by atoms with van der Waals surface area (Å²) in [7, 11) is 0. The SMILES string of the molecule is CCCCC(=O)C(=O)C(O)CC. The molecule has 12 heavy (non-hydrogen) atoms. The van der Waals surface area contributed by atoms with Crippen LogP contribution in [0.4, 0.5) is 0 Å². The van der Waals surface area contributed by atoms with Crippen LogP contribution in [0.5, 0.6) is 0 Å². The highest BCUT2D eigenvalue weighted by atomic mass is 16.3. The predicted molar refractivity (Wildman–Crippen MR) is 45.8 cm³/mol. The number of hydrogen-bond acceptors (Lipinski definition) is 3. The number of rotatable bonds is 6. The van der Waals surface area contributed by atoms with Crippen molar-refractivity contribution in [3.8, 4) is 0 Å². The average molecular weight is 172 g/mol. The Morgan fingerprint density at radius 3 is 2.33 bits per heavy atom. The van der Waals surface area contributed by atoms with Gasteiger partial charge in [-0.2, -0.15) is 0 Å². The molecule has 1 N–H and O–H groups in total. The normalized spacial score (nSPS) is 12.6. The van der Waals surface area contributed by atoms with E-state index in [1.165, 1.54) is 0 Å². The van der Waals surface area contributed by atoms with Gasteiger partial charge in [0.15, 0.2) is 0 Å². The Bertz CT molecular complexity index is 163. The Morgan fingerprint density at radius 1 is 1.33 bits per heavy atom. The summed E-state index contributed by atoms with van der Waals surface area (Å²) >= 11 is 0. The van der Waals surface area contributed by atoms with E-state index in [1.54, 1.807) is 6.92 Å². The summed E-state index contributed by atoms with van der Waals surface area (Å²) in [6.07, 6.45) is 1.11. The van der Waals surface area contributed by atoms with Crippen LogP contribution in [0.2, 0.25) is 0 Å². The van der Waals surface area contributed by atoms with Gasteiger partial charge in [-0.15, -0.1) is 0 Å². The van der Waals surface area contributed by atoms with Crippen molar-refractivity contribution in [3.05, 3.63) is 0 Å². The molecule has 3 heteroatoms. The molecule has 0 aliphatic rings. The van der Waals surface area contributed by atoms with Crippen LogP contribution in [0, 0.1) is 0 Å². The van der Waals surface area contributed by atoms with Gasteiger partial charge < -0.3 is 5.11 Å². The van der Waals surface area contributed by atoms with Crippen LogP contribution in [0.15, 0.2) is 0 Å². The van der Waals surface area contributed by atoms with E-state index < -0.39 is 17.7 Å².